The molecule has 2 aromatic rings. The third-order valence-corrected chi connectivity index (χ3v) is 7.16. The summed E-state index contributed by atoms with van der Waals surface area (Å²) in [4.78, 5) is 23.6. The van der Waals surface area contributed by atoms with Crippen molar-refractivity contribution in [2.45, 2.75) is 13.0 Å². The molecular formula is C25H19IN2O5. The number of hydrogen-bond acceptors (Lipinski definition) is 5. The van der Waals surface area contributed by atoms with Crippen LogP contribution in [0, 0.1) is 13.7 Å². The van der Waals surface area contributed by atoms with E-state index < -0.39 is 4.92 Å². The van der Waals surface area contributed by atoms with Crippen molar-refractivity contribution in [3.8, 4) is 45.1 Å². The Labute approximate surface area is 203 Å². The topological polar surface area (TPSA) is 83.6 Å². The van der Waals surface area contributed by atoms with Crippen molar-refractivity contribution in [2.75, 3.05) is 14.2 Å². The van der Waals surface area contributed by atoms with Crippen LogP contribution in [0.1, 0.15) is 5.56 Å². The van der Waals surface area contributed by atoms with E-state index in [1.54, 1.807) is 25.3 Å². The molecule has 166 valence electrons. The number of benzene rings is 3. The van der Waals surface area contributed by atoms with Gasteiger partial charge in [0.1, 0.15) is 5.75 Å². The van der Waals surface area contributed by atoms with Crippen molar-refractivity contribution in [3.63, 3.8) is 0 Å². The van der Waals surface area contributed by atoms with Crippen molar-refractivity contribution in [1.29, 1.82) is 0 Å². The zero-order valence-electron chi connectivity index (χ0n) is 17.9. The van der Waals surface area contributed by atoms with Crippen LogP contribution in [0.15, 0.2) is 59.4 Å². The van der Waals surface area contributed by atoms with Gasteiger partial charge in [-0.15, -0.1) is 0 Å². The van der Waals surface area contributed by atoms with Gasteiger partial charge >= 0.3 is 0 Å². The summed E-state index contributed by atoms with van der Waals surface area (Å²) < 4.78 is 13.6. The van der Waals surface area contributed by atoms with Crippen molar-refractivity contribution < 1.29 is 14.4 Å². The van der Waals surface area contributed by atoms with E-state index in [0.29, 0.717) is 3.57 Å². The molecule has 3 aliphatic rings. The highest BCUT2D eigenvalue weighted by molar-refractivity contribution is 14.1. The Morgan fingerprint density at radius 1 is 0.970 bits per heavy atom. The van der Waals surface area contributed by atoms with Gasteiger partial charge in [0.25, 0.3) is 5.69 Å². The quantitative estimate of drug-likeness (QED) is 0.192. The number of nitro benzene ring substituents is 1. The fourth-order valence-electron chi connectivity index (χ4n) is 4.49. The highest BCUT2D eigenvalue weighted by Crippen LogP contribution is 2.44. The van der Waals surface area contributed by atoms with E-state index in [4.69, 9.17) is 9.47 Å². The van der Waals surface area contributed by atoms with Crippen LogP contribution in [-0.4, -0.2) is 23.7 Å². The summed E-state index contributed by atoms with van der Waals surface area (Å²) >= 11 is 2.08. The normalized spacial score (nSPS) is 12.2. The molecule has 8 heteroatoms. The molecule has 5 rings (SSSR count). The fourth-order valence-corrected chi connectivity index (χ4v) is 5.20. The number of rotatable bonds is 4. The lowest BCUT2D eigenvalue weighted by Crippen LogP contribution is -2.19. The highest BCUT2D eigenvalue weighted by atomic mass is 127. The van der Waals surface area contributed by atoms with E-state index in [0.717, 1.165) is 52.4 Å². The smallest absolute Gasteiger partial charge is 0.269 e. The number of nitrogens with zero attached hydrogens (tertiary/aromatic N) is 2. The summed E-state index contributed by atoms with van der Waals surface area (Å²) in [5, 5.41) is 11.2. The number of ether oxygens (including phenoxy) is 2. The maximum atomic E-state index is 12.8. The molecule has 2 aliphatic heterocycles. The lowest BCUT2D eigenvalue weighted by Gasteiger charge is -2.30. The molecule has 0 spiro atoms. The summed E-state index contributed by atoms with van der Waals surface area (Å²) in [5.41, 5.74) is 6.54. The minimum atomic E-state index is -0.408. The number of aromatic nitrogens is 1. The third-order valence-electron chi connectivity index (χ3n) is 6.09. The van der Waals surface area contributed by atoms with Gasteiger partial charge in [0.05, 0.1) is 28.4 Å². The first kappa shape index (κ1) is 21.4. The molecule has 0 radical (unpaired) electrons. The average molecular weight is 554 g/mol. The van der Waals surface area contributed by atoms with Crippen LogP contribution in [-0.2, 0) is 13.0 Å². The van der Waals surface area contributed by atoms with Crippen LogP contribution in [0.4, 0.5) is 5.69 Å². The Morgan fingerprint density at radius 2 is 1.73 bits per heavy atom. The first-order chi connectivity index (χ1) is 15.9. The second-order valence-electron chi connectivity index (χ2n) is 7.79. The van der Waals surface area contributed by atoms with E-state index in [2.05, 4.69) is 33.2 Å². The molecule has 0 bridgehead atoms. The molecule has 0 amide bonds. The Balaban J connectivity index is 1.87. The standard InChI is InChI=1S/C25H19IN2O5/c1-32-17-7-8-18-15(11-17)9-10-27-21(18)12-19-20(13-22(33-2)25(29)23(19)26)24(27)14-3-5-16(6-4-14)28(30)31/h3-8,11-13H,9-10H2,1-2H3. The van der Waals surface area contributed by atoms with Gasteiger partial charge in [-0.1, -0.05) is 0 Å². The largest absolute Gasteiger partial charge is 0.497 e. The number of fused-ring (bicyclic) bond motifs is 4. The molecule has 0 unspecified atom stereocenters. The summed E-state index contributed by atoms with van der Waals surface area (Å²) in [6, 6.07) is 16.4. The van der Waals surface area contributed by atoms with Gasteiger partial charge < -0.3 is 14.0 Å². The lowest BCUT2D eigenvalue weighted by molar-refractivity contribution is -0.384. The Morgan fingerprint density at radius 3 is 2.39 bits per heavy atom. The first-order valence-electron chi connectivity index (χ1n) is 10.3. The minimum Gasteiger partial charge on any atom is -0.497 e. The van der Waals surface area contributed by atoms with Crippen LogP contribution in [0.2, 0.25) is 0 Å². The Kier molecular flexibility index (Phi) is 5.32. The second kappa shape index (κ2) is 8.18. The molecule has 2 heterocycles. The van der Waals surface area contributed by atoms with Gasteiger partial charge in [-0.2, -0.15) is 0 Å². The number of aryl methyl sites for hydroxylation is 1. The predicted octanol–water partition coefficient (Wildman–Crippen LogP) is 5.37. The van der Waals surface area contributed by atoms with E-state index in [1.807, 2.05) is 18.2 Å². The van der Waals surface area contributed by atoms with E-state index in [9.17, 15) is 14.9 Å². The molecule has 1 aliphatic carbocycles. The molecule has 0 fully saturated rings. The van der Waals surface area contributed by atoms with Crippen molar-refractivity contribution >= 4 is 28.3 Å². The molecule has 7 nitrogen and oxygen atoms in total. The van der Waals surface area contributed by atoms with Gasteiger partial charge in [-0.3, -0.25) is 14.9 Å². The van der Waals surface area contributed by atoms with E-state index in [-0.39, 0.29) is 16.9 Å². The average Bonchev–Trinajstić information content (AvgIpc) is 2.84. The SMILES string of the molecule is COc1ccc2c(c1)CCn1c-2cc2c(I)c(=O)c(OC)cc-2c1-c1ccc([N+](=O)[O-])cc1. The van der Waals surface area contributed by atoms with Crippen molar-refractivity contribution in [1.82, 2.24) is 4.57 Å². The number of hydrogen-bond donors (Lipinski definition) is 0. The second-order valence-corrected chi connectivity index (χ2v) is 8.87. The summed E-state index contributed by atoms with van der Waals surface area (Å²) in [6.45, 7) is 0.718. The Hall–Kier alpha value is -3.40. The Bertz CT molecular complexity index is 1440. The summed E-state index contributed by atoms with van der Waals surface area (Å²) in [5.74, 6) is 1.08. The van der Waals surface area contributed by atoms with Crippen LogP contribution in [0.25, 0.3) is 33.6 Å². The zero-order chi connectivity index (χ0) is 23.3. The number of nitro groups is 1. The molecular weight excluding hydrogens is 535 g/mol. The van der Waals surface area contributed by atoms with Gasteiger partial charge in [0.15, 0.2) is 5.75 Å². The minimum absolute atomic E-state index is 0.0318. The summed E-state index contributed by atoms with van der Waals surface area (Å²) in [6.07, 6.45) is 0.809. The van der Waals surface area contributed by atoms with Crippen LogP contribution in [0.5, 0.6) is 11.5 Å². The monoisotopic (exact) mass is 554 g/mol. The zero-order valence-corrected chi connectivity index (χ0v) is 20.1. The highest BCUT2D eigenvalue weighted by Gasteiger charge is 2.27. The fraction of sp³-hybridized carbons (Fsp3) is 0.160. The van der Waals surface area contributed by atoms with Gasteiger partial charge in [0, 0.05) is 41.1 Å². The first-order valence-corrected chi connectivity index (χ1v) is 11.4. The predicted molar refractivity (Wildman–Crippen MR) is 134 cm³/mol. The number of methoxy groups -OCH3 is 2. The maximum absolute atomic E-state index is 12.8. The van der Waals surface area contributed by atoms with E-state index >= 15 is 0 Å². The van der Waals surface area contributed by atoms with Gasteiger partial charge in [0.2, 0.25) is 5.43 Å². The summed E-state index contributed by atoms with van der Waals surface area (Å²) in [7, 11) is 3.14. The molecule has 2 aromatic carbocycles. The molecule has 0 atom stereocenters. The van der Waals surface area contributed by atoms with Crippen molar-refractivity contribution in [2.24, 2.45) is 0 Å². The molecule has 0 N–H and O–H groups in total. The molecule has 0 aromatic heterocycles. The number of pyridine rings is 1. The molecule has 0 saturated carbocycles. The number of halogens is 1. The van der Waals surface area contributed by atoms with Crippen LogP contribution >= 0.6 is 22.6 Å². The van der Waals surface area contributed by atoms with Crippen LogP contribution in [0.3, 0.4) is 0 Å². The van der Waals surface area contributed by atoms with Crippen molar-refractivity contribution in [3.05, 3.63) is 84.1 Å². The van der Waals surface area contributed by atoms with Gasteiger partial charge in [-0.05, 0) is 82.6 Å². The molecule has 33 heavy (non-hydrogen) atoms. The van der Waals surface area contributed by atoms with Gasteiger partial charge in [-0.25, -0.2) is 0 Å². The molecule has 0 saturated heterocycles. The third kappa shape index (κ3) is 3.45. The maximum Gasteiger partial charge on any atom is 0.269 e. The van der Waals surface area contributed by atoms with Crippen LogP contribution < -0.4 is 14.9 Å². The van der Waals surface area contributed by atoms with E-state index in [1.165, 1.54) is 24.8 Å². The number of non-ortho nitro benzene ring substituents is 1. The lowest BCUT2D eigenvalue weighted by atomic mass is 9.90.